The fourth-order valence-corrected chi connectivity index (χ4v) is 2.89. The Morgan fingerprint density at radius 3 is 2.09 bits per heavy atom. The Bertz CT molecular complexity index is 1230. The van der Waals surface area contributed by atoms with Gasteiger partial charge in [-0.2, -0.15) is 0 Å². The van der Waals surface area contributed by atoms with Gasteiger partial charge in [0.15, 0.2) is 0 Å². The number of anilines is 1. The average Bonchev–Trinajstić information content (AvgIpc) is 2.86. The van der Waals surface area contributed by atoms with Crippen molar-refractivity contribution >= 4 is 17.6 Å². The number of esters is 1. The molecule has 0 aliphatic rings. The molecule has 6 nitrogen and oxygen atoms in total. The number of halogens is 1. The third kappa shape index (κ3) is 6.01. The van der Waals surface area contributed by atoms with Crippen LogP contribution in [0.1, 0.15) is 26.4 Å². The van der Waals surface area contributed by atoms with Gasteiger partial charge in [0.05, 0.1) is 16.8 Å². The molecular formula is C26H19FN2O4. The maximum absolute atomic E-state index is 13.0. The predicted molar refractivity (Wildman–Crippen MR) is 121 cm³/mol. The van der Waals surface area contributed by atoms with Crippen LogP contribution in [-0.4, -0.2) is 16.9 Å². The highest BCUT2D eigenvalue weighted by Crippen LogP contribution is 2.23. The first kappa shape index (κ1) is 21.7. The Morgan fingerprint density at radius 2 is 1.45 bits per heavy atom. The third-order valence-corrected chi connectivity index (χ3v) is 4.61. The minimum atomic E-state index is -0.439. The highest BCUT2D eigenvalue weighted by atomic mass is 19.1. The van der Waals surface area contributed by atoms with E-state index in [0.717, 1.165) is 0 Å². The number of rotatable bonds is 7. The first-order valence-electron chi connectivity index (χ1n) is 10.1. The second kappa shape index (κ2) is 10.2. The van der Waals surface area contributed by atoms with E-state index >= 15 is 0 Å². The molecule has 0 atom stereocenters. The lowest BCUT2D eigenvalue weighted by Crippen LogP contribution is -2.12. The van der Waals surface area contributed by atoms with Crippen LogP contribution in [0.3, 0.4) is 0 Å². The summed E-state index contributed by atoms with van der Waals surface area (Å²) in [6, 6.07) is 24.4. The van der Waals surface area contributed by atoms with Gasteiger partial charge in [-0.3, -0.25) is 9.78 Å². The van der Waals surface area contributed by atoms with Gasteiger partial charge in [0.25, 0.3) is 5.91 Å². The van der Waals surface area contributed by atoms with Gasteiger partial charge < -0.3 is 14.8 Å². The van der Waals surface area contributed by atoms with Crippen molar-refractivity contribution in [3.8, 4) is 11.5 Å². The van der Waals surface area contributed by atoms with Gasteiger partial charge in [0.2, 0.25) is 0 Å². The number of hydrogen-bond acceptors (Lipinski definition) is 5. The molecule has 1 heterocycles. The van der Waals surface area contributed by atoms with E-state index in [1.54, 1.807) is 60.7 Å². The fraction of sp³-hybridized carbons (Fsp3) is 0.0385. The molecule has 1 aromatic heterocycles. The van der Waals surface area contributed by atoms with Crippen molar-refractivity contribution in [1.29, 1.82) is 0 Å². The quantitative estimate of drug-likeness (QED) is 0.376. The van der Waals surface area contributed by atoms with Crippen molar-refractivity contribution in [3.63, 3.8) is 0 Å². The predicted octanol–water partition coefficient (Wildman–Crippen LogP) is 5.62. The maximum atomic E-state index is 13.0. The molecule has 164 valence electrons. The van der Waals surface area contributed by atoms with Gasteiger partial charge in [0.1, 0.15) is 23.9 Å². The first-order valence-corrected chi connectivity index (χ1v) is 10.1. The van der Waals surface area contributed by atoms with E-state index < -0.39 is 5.97 Å². The van der Waals surface area contributed by atoms with Crippen LogP contribution < -0.4 is 10.1 Å². The molecular weight excluding hydrogens is 423 g/mol. The van der Waals surface area contributed by atoms with Crippen LogP contribution in [0.5, 0.6) is 11.5 Å². The summed E-state index contributed by atoms with van der Waals surface area (Å²) in [6.07, 6.45) is 1.42. The summed E-state index contributed by atoms with van der Waals surface area (Å²) in [7, 11) is 0. The topological polar surface area (TPSA) is 77.5 Å². The minimum Gasteiger partial charge on any atom is -0.457 e. The SMILES string of the molecule is O=C(Nc1ccc(Oc2ccc(F)cc2)cc1)c1ccc(COC(=O)c2ccccc2)nc1. The molecule has 1 amide bonds. The monoisotopic (exact) mass is 442 g/mol. The Kier molecular flexibility index (Phi) is 6.70. The molecule has 0 radical (unpaired) electrons. The van der Waals surface area contributed by atoms with Crippen molar-refractivity contribution in [2.75, 3.05) is 5.32 Å². The fourth-order valence-electron chi connectivity index (χ4n) is 2.89. The molecule has 4 aromatic rings. The molecule has 1 N–H and O–H groups in total. The summed E-state index contributed by atoms with van der Waals surface area (Å²) in [5, 5.41) is 2.78. The largest absolute Gasteiger partial charge is 0.457 e. The molecule has 0 aliphatic carbocycles. The molecule has 33 heavy (non-hydrogen) atoms. The summed E-state index contributed by atoms with van der Waals surface area (Å²) in [5.41, 5.74) is 1.92. The van der Waals surface area contributed by atoms with Crippen molar-refractivity contribution in [2.24, 2.45) is 0 Å². The van der Waals surface area contributed by atoms with Gasteiger partial charge in [-0.25, -0.2) is 9.18 Å². The Hall–Kier alpha value is -4.52. The lowest BCUT2D eigenvalue weighted by atomic mass is 10.2. The zero-order chi connectivity index (χ0) is 23.0. The molecule has 0 bridgehead atoms. The standard InChI is InChI=1S/C26H19FN2O4/c27-20-7-12-23(13-8-20)33-24-14-10-21(11-15-24)29-25(30)19-6-9-22(28-16-19)17-32-26(31)18-4-2-1-3-5-18/h1-16H,17H2,(H,29,30). The Balaban J connectivity index is 1.30. The number of nitrogens with one attached hydrogen (secondary N) is 1. The van der Waals surface area contributed by atoms with Crippen LogP contribution in [0, 0.1) is 5.82 Å². The summed E-state index contributed by atoms with van der Waals surface area (Å²) in [5.74, 6) is -0.0470. The second-order valence-electron chi connectivity index (χ2n) is 7.01. The minimum absolute atomic E-state index is 0.00510. The van der Waals surface area contributed by atoms with Gasteiger partial charge in [-0.05, 0) is 72.8 Å². The van der Waals surface area contributed by atoms with E-state index in [-0.39, 0.29) is 18.3 Å². The number of hydrogen-bond donors (Lipinski definition) is 1. The number of amides is 1. The number of aromatic nitrogens is 1. The normalized spacial score (nSPS) is 10.3. The van der Waals surface area contributed by atoms with E-state index in [1.807, 2.05) is 6.07 Å². The zero-order valence-electron chi connectivity index (χ0n) is 17.4. The van der Waals surface area contributed by atoms with Gasteiger partial charge in [0, 0.05) is 11.9 Å². The van der Waals surface area contributed by atoms with Crippen LogP contribution in [0.25, 0.3) is 0 Å². The highest BCUT2D eigenvalue weighted by molar-refractivity contribution is 6.04. The summed E-state index contributed by atoms with van der Waals surface area (Å²) in [6.45, 7) is 0.00510. The summed E-state index contributed by atoms with van der Waals surface area (Å²) < 4.78 is 23.8. The Morgan fingerprint density at radius 1 is 0.788 bits per heavy atom. The van der Waals surface area contributed by atoms with E-state index in [4.69, 9.17) is 9.47 Å². The smallest absolute Gasteiger partial charge is 0.338 e. The third-order valence-electron chi connectivity index (χ3n) is 4.61. The number of carbonyl (C=O) groups is 2. The van der Waals surface area contributed by atoms with Gasteiger partial charge in [-0.1, -0.05) is 18.2 Å². The number of ether oxygens (including phenoxy) is 2. The number of benzene rings is 3. The van der Waals surface area contributed by atoms with E-state index in [0.29, 0.717) is 34.0 Å². The van der Waals surface area contributed by atoms with E-state index in [1.165, 1.54) is 30.5 Å². The van der Waals surface area contributed by atoms with Crippen LogP contribution in [0.15, 0.2) is 97.2 Å². The summed E-state index contributed by atoms with van der Waals surface area (Å²) >= 11 is 0. The molecule has 4 rings (SSSR count). The number of carbonyl (C=O) groups excluding carboxylic acids is 2. The van der Waals surface area contributed by atoms with Crippen molar-refractivity contribution < 1.29 is 23.5 Å². The molecule has 0 saturated heterocycles. The molecule has 0 saturated carbocycles. The zero-order valence-corrected chi connectivity index (χ0v) is 17.4. The van der Waals surface area contributed by atoms with Gasteiger partial charge in [-0.15, -0.1) is 0 Å². The molecule has 0 unspecified atom stereocenters. The highest BCUT2D eigenvalue weighted by Gasteiger charge is 2.10. The summed E-state index contributed by atoms with van der Waals surface area (Å²) in [4.78, 5) is 28.7. The van der Waals surface area contributed by atoms with Crippen LogP contribution in [0.2, 0.25) is 0 Å². The first-order chi connectivity index (χ1) is 16.1. The number of pyridine rings is 1. The van der Waals surface area contributed by atoms with Crippen LogP contribution in [-0.2, 0) is 11.3 Å². The molecule has 0 fully saturated rings. The van der Waals surface area contributed by atoms with Crippen molar-refractivity contribution in [1.82, 2.24) is 4.98 Å². The van der Waals surface area contributed by atoms with Crippen LogP contribution >= 0.6 is 0 Å². The van der Waals surface area contributed by atoms with E-state index in [9.17, 15) is 14.0 Å². The van der Waals surface area contributed by atoms with E-state index in [2.05, 4.69) is 10.3 Å². The molecule has 0 spiro atoms. The Labute approximate surface area is 189 Å². The second-order valence-corrected chi connectivity index (χ2v) is 7.01. The van der Waals surface area contributed by atoms with Gasteiger partial charge >= 0.3 is 5.97 Å². The average molecular weight is 442 g/mol. The lowest BCUT2D eigenvalue weighted by molar-refractivity contribution is 0.0467. The molecule has 7 heteroatoms. The van der Waals surface area contributed by atoms with Crippen molar-refractivity contribution in [3.05, 3.63) is 120 Å². The maximum Gasteiger partial charge on any atom is 0.338 e. The number of nitrogens with zero attached hydrogens (tertiary/aromatic N) is 1. The van der Waals surface area contributed by atoms with Crippen molar-refractivity contribution in [2.45, 2.75) is 6.61 Å². The lowest BCUT2D eigenvalue weighted by Gasteiger charge is -2.09. The molecule has 0 aliphatic heterocycles. The van der Waals surface area contributed by atoms with Crippen LogP contribution in [0.4, 0.5) is 10.1 Å². The molecule has 3 aromatic carbocycles.